The van der Waals surface area contributed by atoms with Crippen molar-refractivity contribution in [1.29, 1.82) is 0 Å². The molecule has 0 unspecified atom stereocenters. The van der Waals surface area contributed by atoms with Gasteiger partial charge in [-0.05, 0) is 44.7 Å². The second kappa shape index (κ2) is 5.48. The molecule has 1 aromatic heterocycles. The molecule has 0 radical (unpaired) electrons. The summed E-state index contributed by atoms with van der Waals surface area (Å²) in [6.45, 7) is 6.16. The lowest BCUT2D eigenvalue weighted by atomic mass is 10.1. The standard InChI is InChI=1S/C17H22N4O/c1-17(2,3)21-15(8-9-18-21)20-16(22)19-14-10-12-6-4-5-7-13(12)11-14/h4-9,14H,10-11H2,1-3H3,(H2,19,20,22). The first-order valence-corrected chi connectivity index (χ1v) is 7.62. The average Bonchev–Trinajstić information content (AvgIpc) is 3.03. The molecule has 0 saturated heterocycles. The molecular formula is C17H22N4O. The quantitative estimate of drug-likeness (QED) is 0.895. The molecule has 0 spiro atoms. The molecule has 1 heterocycles. The van der Waals surface area contributed by atoms with Crippen LogP contribution in [0.3, 0.4) is 0 Å². The predicted octanol–water partition coefficient (Wildman–Crippen LogP) is 2.93. The summed E-state index contributed by atoms with van der Waals surface area (Å²) in [5, 5.41) is 10.2. The highest BCUT2D eigenvalue weighted by Gasteiger charge is 2.23. The van der Waals surface area contributed by atoms with Gasteiger partial charge >= 0.3 is 6.03 Å². The molecule has 0 atom stereocenters. The van der Waals surface area contributed by atoms with Crippen molar-refractivity contribution in [2.75, 3.05) is 5.32 Å². The van der Waals surface area contributed by atoms with E-state index in [0.29, 0.717) is 5.82 Å². The Morgan fingerprint density at radius 1 is 1.18 bits per heavy atom. The van der Waals surface area contributed by atoms with Gasteiger partial charge in [-0.1, -0.05) is 24.3 Å². The Morgan fingerprint density at radius 2 is 1.82 bits per heavy atom. The summed E-state index contributed by atoms with van der Waals surface area (Å²) >= 11 is 0. The molecule has 0 saturated carbocycles. The van der Waals surface area contributed by atoms with Crippen molar-refractivity contribution in [3.63, 3.8) is 0 Å². The summed E-state index contributed by atoms with van der Waals surface area (Å²) in [6, 6.07) is 10.1. The lowest BCUT2D eigenvalue weighted by molar-refractivity contribution is 0.248. The zero-order valence-corrected chi connectivity index (χ0v) is 13.3. The van der Waals surface area contributed by atoms with Crippen molar-refractivity contribution in [2.45, 2.75) is 45.2 Å². The minimum Gasteiger partial charge on any atom is -0.334 e. The van der Waals surface area contributed by atoms with E-state index >= 15 is 0 Å². The third-order valence-electron chi connectivity index (χ3n) is 3.91. The minimum absolute atomic E-state index is 0.156. The van der Waals surface area contributed by atoms with E-state index in [1.54, 1.807) is 6.20 Å². The molecule has 22 heavy (non-hydrogen) atoms. The number of carbonyl (C=O) groups excluding carboxylic acids is 1. The Labute approximate surface area is 130 Å². The van der Waals surface area contributed by atoms with Crippen molar-refractivity contribution in [3.8, 4) is 0 Å². The normalized spacial score (nSPS) is 14.7. The fourth-order valence-electron chi connectivity index (χ4n) is 2.93. The molecule has 3 rings (SSSR count). The second-order valence-electron chi connectivity index (χ2n) is 6.77. The summed E-state index contributed by atoms with van der Waals surface area (Å²) in [4.78, 5) is 12.2. The van der Waals surface area contributed by atoms with E-state index in [2.05, 4.69) is 48.6 Å². The number of aromatic nitrogens is 2. The van der Waals surface area contributed by atoms with Crippen molar-refractivity contribution < 1.29 is 4.79 Å². The van der Waals surface area contributed by atoms with Crippen LogP contribution in [0.15, 0.2) is 36.5 Å². The van der Waals surface area contributed by atoms with Crippen LogP contribution in [0.25, 0.3) is 0 Å². The van der Waals surface area contributed by atoms with Gasteiger partial charge in [-0.3, -0.25) is 5.32 Å². The highest BCUT2D eigenvalue weighted by Crippen LogP contribution is 2.22. The molecule has 2 amide bonds. The maximum absolute atomic E-state index is 12.2. The summed E-state index contributed by atoms with van der Waals surface area (Å²) in [7, 11) is 0. The Kier molecular flexibility index (Phi) is 3.64. The molecule has 5 nitrogen and oxygen atoms in total. The maximum Gasteiger partial charge on any atom is 0.320 e. The van der Waals surface area contributed by atoms with Crippen LogP contribution in [0.4, 0.5) is 10.6 Å². The Balaban J connectivity index is 1.62. The Hall–Kier alpha value is -2.30. The monoisotopic (exact) mass is 298 g/mol. The number of hydrogen-bond acceptors (Lipinski definition) is 2. The van der Waals surface area contributed by atoms with Gasteiger partial charge in [0.1, 0.15) is 5.82 Å². The zero-order chi connectivity index (χ0) is 15.7. The van der Waals surface area contributed by atoms with Crippen LogP contribution < -0.4 is 10.6 Å². The van der Waals surface area contributed by atoms with Gasteiger partial charge in [0.05, 0.1) is 11.7 Å². The first-order valence-electron chi connectivity index (χ1n) is 7.62. The third kappa shape index (κ3) is 2.98. The number of benzene rings is 1. The molecule has 1 aliphatic rings. The van der Waals surface area contributed by atoms with E-state index in [1.165, 1.54) is 11.1 Å². The van der Waals surface area contributed by atoms with Crippen molar-refractivity contribution in [1.82, 2.24) is 15.1 Å². The Morgan fingerprint density at radius 3 is 2.41 bits per heavy atom. The number of amides is 2. The largest absolute Gasteiger partial charge is 0.334 e. The van der Waals surface area contributed by atoms with E-state index in [0.717, 1.165) is 12.8 Å². The first-order chi connectivity index (χ1) is 10.4. The number of nitrogens with one attached hydrogen (secondary N) is 2. The van der Waals surface area contributed by atoms with Gasteiger partial charge in [-0.25, -0.2) is 9.48 Å². The molecule has 2 aromatic rings. The Bertz CT molecular complexity index is 659. The maximum atomic E-state index is 12.2. The number of rotatable bonds is 2. The van der Waals surface area contributed by atoms with Crippen LogP contribution in [0.2, 0.25) is 0 Å². The molecular weight excluding hydrogens is 276 g/mol. The lowest BCUT2D eigenvalue weighted by Crippen LogP contribution is -2.39. The van der Waals surface area contributed by atoms with Crippen molar-refractivity contribution in [2.24, 2.45) is 0 Å². The smallest absolute Gasteiger partial charge is 0.320 e. The van der Waals surface area contributed by atoms with E-state index in [4.69, 9.17) is 0 Å². The second-order valence-corrected chi connectivity index (χ2v) is 6.77. The van der Waals surface area contributed by atoms with Crippen LogP contribution >= 0.6 is 0 Å². The van der Waals surface area contributed by atoms with Crippen LogP contribution in [0, 0.1) is 0 Å². The highest BCUT2D eigenvalue weighted by molar-refractivity contribution is 5.88. The van der Waals surface area contributed by atoms with Gasteiger partial charge in [0.25, 0.3) is 0 Å². The number of hydrogen-bond donors (Lipinski definition) is 2. The van der Waals surface area contributed by atoms with Crippen LogP contribution in [0.5, 0.6) is 0 Å². The predicted molar refractivity (Wildman–Crippen MR) is 87.0 cm³/mol. The first kappa shape index (κ1) is 14.6. The molecule has 116 valence electrons. The number of nitrogens with zero attached hydrogens (tertiary/aromatic N) is 2. The van der Waals surface area contributed by atoms with Crippen LogP contribution in [-0.4, -0.2) is 21.9 Å². The summed E-state index contributed by atoms with van der Waals surface area (Å²) in [5.74, 6) is 0.709. The number of carbonyl (C=O) groups is 1. The van der Waals surface area contributed by atoms with Crippen LogP contribution in [0.1, 0.15) is 31.9 Å². The van der Waals surface area contributed by atoms with Gasteiger partial charge < -0.3 is 5.32 Å². The van der Waals surface area contributed by atoms with Gasteiger partial charge in [0.2, 0.25) is 0 Å². The van der Waals surface area contributed by atoms with Gasteiger partial charge in [-0.15, -0.1) is 0 Å². The average molecular weight is 298 g/mol. The molecule has 0 aliphatic heterocycles. The molecule has 1 aromatic carbocycles. The fraction of sp³-hybridized carbons (Fsp3) is 0.412. The van der Waals surface area contributed by atoms with Crippen LogP contribution in [-0.2, 0) is 18.4 Å². The van der Waals surface area contributed by atoms with Gasteiger partial charge in [0, 0.05) is 12.1 Å². The van der Waals surface area contributed by atoms with Gasteiger partial charge in [-0.2, -0.15) is 5.10 Å². The van der Waals surface area contributed by atoms with E-state index in [-0.39, 0.29) is 17.6 Å². The molecule has 5 heteroatoms. The number of urea groups is 1. The van der Waals surface area contributed by atoms with E-state index < -0.39 is 0 Å². The van der Waals surface area contributed by atoms with Gasteiger partial charge in [0.15, 0.2) is 0 Å². The minimum atomic E-state index is -0.177. The SMILES string of the molecule is CC(C)(C)n1nccc1NC(=O)NC1Cc2ccccc2C1. The number of anilines is 1. The topological polar surface area (TPSA) is 59.0 Å². The summed E-state index contributed by atoms with van der Waals surface area (Å²) in [5.41, 5.74) is 2.48. The van der Waals surface area contributed by atoms with Crippen molar-refractivity contribution in [3.05, 3.63) is 47.7 Å². The zero-order valence-electron chi connectivity index (χ0n) is 13.3. The molecule has 2 N–H and O–H groups in total. The molecule has 1 aliphatic carbocycles. The lowest BCUT2D eigenvalue weighted by Gasteiger charge is -2.22. The molecule has 0 fully saturated rings. The van der Waals surface area contributed by atoms with E-state index in [9.17, 15) is 4.79 Å². The fourth-order valence-corrected chi connectivity index (χ4v) is 2.93. The summed E-state index contributed by atoms with van der Waals surface area (Å²) in [6.07, 6.45) is 3.48. The third-order valence-corrected chi connectivity index (χ3v) is 3.91. The highest BCUT2D eigenvalue weighted by atomic mass is 16.2. The molecule has 0 bridgehead atoms. The van der Waals surface area contributed by atoms with Crippen molar-refractivity contribution >= 4 is 11.8 Å². The van der Waals surface area contributed by atoms with E-state index in [1.807, 2.05) is 22.9 Å². The summed E-state index contributed by atoms with van der Waals surface area (Å²) < 4.78 is 1.82. The number of fused-ring (bicyclic) bond motifs is 1.